The Kier molecular flexibility index (Phi) is 4.89. The summed E-state index contributed by atoms with van der Waals surface area (Å²) in [5.74, 6) is -0.601. The van der Waals surface area contributed by atoms with Crippen molar-refractivity contribution in [3.63, 3.8) is 0 Å². The summed E-state index contributed by atoms with van der Waals surface area (Å²) >= 11 is 0. The molecule has 0 bridgehead atoms. The van der Waals surface area contributed by atoms with Gasteiger partial charge in [0.1, 0.15) is 12.1 Å². The number of amides is 4. The largest absolute Gasteiger partial charge is 0.394 e. The number of nitrogens with one attached hydrogen (secondary N) is 3. The van der Waals surface area contributed by atoms with Gasteiger partial charge in [0.15, 0.2) is 0 Å². The fraction of sp³-hybridized carbons (Fsp3) is 0.471. The van der Waals surface area contributed by atoms with Gasteiger partial charge >= 0.3 is 6.03 Å². The first-order valence-corrected chi connectivity index (χ1v) is 8.33. The molecule has 2 saturated heterocycles. The minimum Gasteiger partial charge on any atom is -0.394 e. The third-order valence-corrected chi connectivity index (χ3v) is 4.67. The maximum Gasteiger partial charge on any atom is 0.315 e. The molecule has 1 aromatic carbocycles. The molecule has 0 saturated carbocycles. The summed E-state index contributed by atoms with van der Waals surface area (Å²) in [5.41, 5.74) is 0.988. The summed E-state index contributed by atoms with van der Waals surface area (Å²) in [7, 11) is 0. The van der Waals surface area contributed by atoms with E-state index in [1.165, 1.54) is 4.90 Å². The Bertz CT molecular complexity index is 666. The number of carbonyl (C=O) groups is 3. The number of fused-ring (bicyclic) bond motifs is 1. The molecular weight excluding hydrogens is 324 g/mol. The Hall–Kier alpha value is -2.61. The van der Waals surface area contributed by atoms with Gasteiger partial charge < -0.3 is 26.0 Å². The van der Waals surface area contributed by atoms with Crippen LogP contribution >= 0.6 is 0 Å². The van der Waals surface area contributed by atoms with Gasteiger partial charge in [0.2, 0.25) is 11.8 Å². The van der Waals surface area contributed by atoms with E-state index in [0.29, 0.717) is 6.42 Å². The summed E-state index contributed by atoms with van der Waals surface area (Å²) in [6, 6.07) is 7.29. The molecule has 8 heteroatoms. The lowest BCUT2D eigenvalue weighted by Gasteiger charge is -2.33. The average Bonchev–Trinajstić information content (AvgIpc) is 3.03. The number of hydrogen-bond donors (Lipinski definition) is 4. The fourth-order valence-corrected chi connectivity index (χ4v) is 3.33. The second kappa shape index (κ2) is 7.10. The van der Waals surface area contributed by atoms with Crippen molar-refractivity contribution >= 4 is 17.8 Å². The van der Waals surface area contributed by atoms with Gasteiger partial charge in [-0.25, -0.2) is 4.79 Å². The van der Waals surface area contributed by atoms with E-state index < -0.39 is 18.7 Å². The number of urea groups is 1. The van der Waals surface area contributed by atoms with Gasteiger partial charge in [0, 0.05) is 6.54 Å². The molecule has 4 amide bonds. The summed E-state index contributed by atoms with van der Waals surface area (Å²) in [4.78, 5) is 37.9. The fourth-order valence-electron chi connectivity index (χ4n) is 3.33. The van der Waals surface area contributed by atoms with Crippen molar-refractivity contribution in [2.45, 2.75) is 37.5 Å². The Morgan fingerprint density at radius 2 is 2.08 bits per heavy atom. The molecule has 8 nitrogen and oxygen atoms in total. The molecule has 2 aliphatic heterocycles. The molecule has 2 fully saturated rings. The van der Waals surface area contributed by atoms with E-state index in [-0.39, 0.29) is 36.5 Å². The number of rotatable bonds is 4. The first-order chi connectivity index (χ1) is 12.0. The molecule has 2 heterocycles. The highest BCUT2D eigenvalue weighted by molar-refractivity contribution is 5.97. The summed E-state index contributed by atoms with van der Waals surface area (Å²) in [6.07, 6.45) is 0.364. The van der Waals surface area contributed by atoms with Crippen molar-refractivity contribution in [3.05, 3.63) is 35.9 Å². The Balaban J connectivity index is 1.57. The smallest absolute Gasteiger partial charge is 0.315 e. The first kappa shape index (κ1) is 17.2. The van der Waals surface area contributed by atoms with E-state index in [2.05, 4.69) is 16.0 Å². The number of hydrogen-bond acceptors (Lipinski definition) is 4. The molecule has 4 atom stereocenters. The predicted octanol–water partition coefficient (Wildman–Crippen LogP) is -0.493. The van der Waals surface area contributed by atoms with Crippen LogP contribution in [0.1, 0.15) is 24.9 Å². The number of aliphatic hydroxyl groups excluding tert-OH is 1. The van der Waals surface area contributed by atoms with Crippen LogP contribution in [0.2, 0.25) is 0 Å². The second-order valence-corrected chi connectivity index (χ2v) is 6.43. The van der Waals surface area contributed by atoms with Crippen molar-refractivity contribution in [1.29, 1.82) is 0 Å². The third-order valence-electron chi connectivity index (χ3n) is 4.67. The standard InChI is InChI=1S/C17H22N4O4/c1-10(11-5-3-2-4-6-11)18-17(25)19-12-7-14-15(23)20-13(9-22)16(24)21(14)8-12/h2-6,10,12-14,22H,7-9H2,1H3,(H,20,23)(H2,18,19,25)/t10-,12-,13+,14-/m0/s1. The molecular formula is C17H22N4O4. The molecule has 4 N–H and O–H groups in total. The molecule has 3 rings (SSSR count). The van der Waals surface area contributed by atoms with Crippen LogP contribution in [0, 0.1) is 0 Å². The Morgan fingerprint density at radius 3 is 2.76 bits per heavy atom. The van der Waals surface area contributed by atoms with Crippen LogP contribution in [0.4, 0.5) is 4.79 Å². The Labute approximate surface area is 145 Å². The molecule has 0 aliphatic carbocycles. The summed E-state index contributed by atoms with van der Waals surface area (Å²) in [5, 5.41) is 17.4. The minimum atomic E-state index is -0.894. The van der Waals surface area contributed by atoms with Crippen molar-refractivity contribution in [2.75, 3.05) is 13.2 Å². The first-order valence-electron chi connectivity index (χ1n) is 8.33. The van der Waals surface area contributed by atoms with Crippen LogP contribution in [0.15, 0.2) is 30.3 Å². The summed E-state index contributed by atoms with van der Waals surface area (Å²) < 4.78 is 0. The topological polar surface area (TPSA) is 111 Å². The van der Waals surface area contributed by atoms with Crippen molar-refractivity contribution in [1.82, 2.24) is 20.9 Å². The normalized spacial score (nSPS) is 26.6. The van der Waals surface area contributed by atoms with E-state index in [4.69, 9.17) is 0 Å². The van der Waals surface area contributed by atoms with Crippen molar-refractivity contribution in [3.8, 4) is 0 Å². The number of aliphatic hydroxyl groups is 1. The summed E-state index contributed by atoms with van der Waals surface area (Å²) in [6.45, 7) is 1.72. The Morgan fingerprint density at radius 1 is 1.36 bits per heavy atom. The van der Waals surface area contributed by atoms with Crippen molar-refractivity contribution < 1.29 is 19.5 Å². The van der Waals surface area contributed by atoms with Gasteiger partial charge in [-0.3, -0.25) is 9.59 Å². The number of carbonyl (C=O) groups excluding carboxylic acids is 3. The van der Waals surface area contributed by atoms with E-state index in [9.17, 15) is 19.5 Å². The van der Waals surface area contributed by atoms with Gasteiger partial charge in [-0.1, -0.05) is 30.3 Å². The molecule has 134 valence electrons. The number of nitrogens with zero attached hydrogens (tertiary/aromatic N) is 1. The zero-order valence-corrected chi connectivity index (χ0v) is 13.9. The van der Waals surface area contributed by atoms with Crippen LogP contribution < -0.4 is 16.0 Å². The van der Waals surface area contributed by atoms with Gasteiger partial charge in [-0.2, -0.15) is 0 Å². The van der Waals surface area contributed by atoms with Crippen LogP contribution in [0.5, 0.6) is 0 Å². The zero-order chi connectivity index (χ0) is 18.0. The molecule has 0 aromatic heterocycles. The number of benzene rings is 1. The van der Waals surface area contributed by atoms with Crippen LogP contribution in [0.25, 0.3) is 0 Å². The SMILES string of the molecule is C[C@H](NC(=O)N[C@H]1C[C@H]2C(=O)N[C@H](CO)C(=O)N2C1)c1ccccc1. The maximum absolute atomic E-state index is 12.2. The van der Waals surface area contributed by atoms with Crippen molar-refractivity contribution in [2.24, 2.45) is 0 Å². The highest BCUT2D eigenvalue weighted by atomic mass is 16.3. The van der Waals surface area contributed by atoms with Crippen LogP contribution in [-0.4, -0.2) is 59.1 Å². The van der Waals surface area contributed by atoms with E-state index >= 15 is 0 Å². The minimum absolute atomic E-state index is 0.158. The lowest BCUT2D eigenvalue weighted by molar-refractivity contribution is -0.148. The monoisotopic (exact) mass is 346 g/mol. The van der Waals surface area contributed by atoms with Gasteiger partial charge in [-0.05, 0) is 18.9 Å². The average molecular weight is 346 g/mol. The highest BCUT2D eigenvalue weighted by Gasteiger charge is 2.46. The van der Waals surface area contributed by atoms with Gasteiger partial charge in [-0.15, -0.1) is 0 Å². The number of piperazine rings is 1. The molecule has 0 radical (unpaired) electrons. The lowest BCUT2D eigenvalue weighted by atomic mass is 10.1. The van der Waals surface area contributed by atoms with Crippen LogP contribution in [-0.2, 0) is 9.59 Å². The molecule has 0 unspecified atom stereocenters. The van der Waals surface area contributed by atoms with E-state index in [0.717, 1.165) is 5.56 Å². The highest BCUT2D eigenvalue weighted by Crippen LogP contribution is 2.22. The maximum atomic E-state index is 12.2. The zero-order valence-electron chi connectivity index (χ0n) is 13.9. The third kappa shape index (κ3) is 3.58. The molecule has 1 aromatic rings. The molecule has 25 heavy (non-hydrogen) atoms. The quantitative estimate of drug-likeness (QED) is 0.589. The molecule has 0 spiro atoms. The second-order valence-electron chi connectivity index (χ2n) is 6.43. The van der Waals surface area contributed by atoms with E-state index in [1.54, 1.807) is 0 Å². The van der Waals surface area contributed by atoms with E-state index in [1.807, 2.05) is 37.3 Å². The van der Waals surface area contributed by atoms with Gasteiger partial charge in [0.25, 0.3) is 0 Å². The molecule has 2 aliphatic rings. The lowest BCUT2D eigenvalue weighted by Crippen LogP contribution is -2.62. The van der Waals surface area contributed by atoms with Crippen LogP contribution in [0.3, 0.4) is 0 Å². The predicted molar refractivity (Wildman–Crippen MR) is 89.4 cm³/mol. The van der Waals surface area contributed by atoms with Gasteiger partial charge in [0.05, 0.1) is 18.7 Å².